The Kier molecular flexibility index (Phi) is 4.64. The molecule has 0 aliphatic carbocycles. The van der Waals surface area contributed by atoms with Gasteiger partial charge in [0.1, 0.15) is 12.4 Å². The van der Waals surface area contributed by atoms with E-state index in [0.29, 0.717) is 16.8 Å². The van der Waals surface area contributed by atoms with Gasteiger partial charge in [-0.2, -0.15) is 0 Å². The summed E-state index contributed by atoms with van der Waals surface area (Å²) in [7, 11) is 0. The fraction of sp³-hybridized carbons (Fsp3) is 0.130. The number of benzene rings is 3. The van der Waals surface area contributed by atoms with E-state index in [4.69, 9.17) is 0 Å². The monoisotopic (exact) mass is 390 g/mol. The van der Waals surface area contributed by atoms with Gasteiger partial charge >= 0.3 is 0 Å². The maximum absolute atomic E-state index is 13.8. The number of nitrogens with zero attached hydrogens (tertiary/aromatic N) is 1. The van der Waals surface area contributed by atoms with Crippen LogP contribution >= 0.6 is 0 Å². The van der Waals surface area contributed by atoms with E-state index in [1.807, 2.05) is 19.1 Å². The molecule has 0 saturated carbocycles. The Balaban J connectivity index is 1.67. The van der Waals surface area contributed by atoms with E-state index >= 15 is 0 Å². The van der Waals surface area contributed by atoms with Crippen molar-refractivity contribution in [2.24, 2.45) is 0 Å². The van der Waals surface area contributed by atoms with Gasteiger partial charge in [0, 0.05) is 5.56 Å². The van der Waals surface area contributed by atoms with Crippen LogP contribution in [0, 0.1) is 12.7 Å². The Morgan fingerprint density at radius 3 is 2.41 bits per heavy atom. The lowest BCUT2D eigenvalue weighted by molar-refractivity contribution is -0.133. The lowest BCUT2D eigenvalue weighted by atomic mass is 9.87. The molecule has 6 heteroatoms. The summed E-state index contributed by atoms with van der Waals surface area (Å²) in [6.07, 6.45) is 0. The molecule has 2 N–H and O–H groups in total. The van der Waals surface area contributed by atoms with Gasteiger partial charge in [-0.25, -0.2) is 4.39 Å². The molecule has 29 heavy (non-hydrogen) atoms. The van der Waals surface area contributed by atoms with Crippen LogP contribution in [0.25, 0.3) is 0 Å². The number of hydrogen-bond donors (Lipinski definition) is 2. The van der Waals surface area contributed by atoms with Crippen molar-refractivity contribution in [2.75, 3.05) is 16.8 Å². The molecule has 0 radical (unpaired) electrons. The number of carbonyl (C=O) groups is 2. The van der Waals surface area contributed by atoms with Gasteiger partial charge in [0.2, 0.25) is 5.91 Å². The summed E-state index contributed by atoms with van der Waals surface area (Å²) in [5.74, 6) is -1.75. The molecule has 1 atom stereocenters. The lowest BCUT2D eigenvalue weighted by Gasteiger charge is -2.23. The minimum absolute atomic E-state index is 0.0335. The number of hydrogen-bond acceptors (Lipinski definition) is 3. The third-order valence-corrected chi connectivity index (χ3v) is 5.06. The molecule has 1 aliphatic rings. The van der Waals surface area contributed by atoms with Gasteiger partial charge in [0.15, 0.2) is 5.60 Å². The van der Waals surface area contributed by atoms with Crippen LogP contribution < -0.4 is 10.2 Å². The number of nitrogens with one attached hydrogen (secondary N) is 1. The van der Waals surface area contributed by atoms with Crippen molar-refractivity contribution in [2.45, 2.75) is 12.5 Å². The molecule has 1 aliphatic heterocycles. The summed E-state index contributed by atoms with van der Waals surface area (Å²) in [4.78, 5) is 27.0. The maximum Gasteiger partial charge on any atom is 0.268 e. The summed E-state index contributed by atoms with van der Waals surface area (Å²) >= 11 is 0. The second kappa shape index (κ2) is 7.14. The first kappa shape index (κ1) is 18.8. The number of fused-ring (bicyclic) bond motifs is 1. The lowest BCUT2D eigenvalue weighted by Crippen LogP contribution is -2.44. The number of carbonyl (C=O) groups excluding carboxylic acids is 2. The third-order valence-electron chi connectivity index (χ3n) is 5.06. The van der Waals surface area contributed by atoms with Crippen molar-refractivity contribution < 1.29 is 19.1 Å². The van der Waals surface area contributed by atoms with Crippen LogP contribution in [0.4, 0.5) is 15.8 Å². The zero-order valence-corrected chi connectivity index (χ0v) is 15.7. The number of halogens is 1. The van der Waals surface area contributed by atoms with Crippen LogP contribution in [0.15, 0.2) is 72.8 Å². The molecule has 0 bridgehead atoms. The van der Waals surface area contributed by atoms with Crippen LogP contribution in [0.2, 0.25) is 0 Å². The van der Waals surface area contributed by atoms with Crippen molar-refractivity contribution in [3.05, 3.63) is 95.3 Å². The summed E-state index contributed by atoms with van der Waals surface area (Å²) < 4.78 is 13.8. The summed E-state index contributed by atoms with van der Waals surface area (Å²) in [5.41, 5.74) is 0.431. The number of para-hydroxylation sites is 2. The molecule has 0 saturated heterocycles. The van der Waals surface area contributed by atoms with Gasteiger partial charge in [0.05, 0.1) is 11.4 Å². The van der Waals surface area contributed by atoms with E-state index in [-0.39, 0.29) is 12.2 Å². The van der Waals surface area contributed by atoms with Crippen LogP contribution in [-0.2, 0) is 15.2 Å². The summed E-state index contributed by atoms with van der Waals surface area (Å²) in [5, 5.41) is 13.9. The van der Waals surface area contributed by atoms with E-state index in [9.17, 15) is 19.1 Å². The van der Waals surface area contributed by atoms with Crippen LogP contribution in [0.3, 0.4) is 0 Å². The van der Waals surface area contributed by atoms with E-state index in [1.165, 1.54) is 23.1 Å². The Labute approximate surface area is 167 Å². The van der Waals surface area contributed by atoms with Crippen molar-refractivity contribution in [3.8, 4) is 0 Å². The predicted octanol–water partition coefficient (Wildman–Crippen LogP) is 3.36. The highest BCUT2D eigenvalue weighted by atomic mass is 19.1. The Hall–Kier alpha value is -3.51. The van der Waals surface area contributed by atoms with Crippen LogP contribution in [-0.4, -0.2) is 23.5 Å². The van der Waals surface area contributed by atoms with Gasteiger partial charge in [0.25, 0.3) is 5.91 Å². The minimum Gasteiger partial charge on any atom is -0.372 e. The Bertz CT molecular complexity index is 1100. The highest BCUT2D eigenvalue weighted by Gasteiger charge is 2.51. The standard InChI is InChI=1S/C23H19FN2O3/c1-15-10-12-16(13-11-15)23(29)17-6-2-5-9-20(17)26(22(23)28)14-21(27)25-19-8-4-3-7-18(19)24/h2-13,29H,14H2,1H3,(H,25,27)/t23-/m1/s1. The average molecular weight is 390 g/mol. The number of aryl methyl sites for hydroxylation is 1. The minimum atomic E-state index is -1.89. The maximum atomic E-state index is 13.8. The fourth-order valence-electron chi connectivity index (χ4n) is 3.56. The van der Waals surface area contributed by atoms with E-state index in [2.05, 4.69) is 5.32 Å². The van der Waals surface area contributed by atoms with Crippen LogP contribution in [0.5, 0.6) is 0 Å². The summed E-state index contributed by atoms with van der Waals surface area (Å²) in [6, 6.07) is 19.6. The number of rotatable bonds is 4. The molecule has 146 valence electrons. The molecule has 0 aromatic heterocycles. The van der Waals surface area contributed by atoms with Crippen molar-refractivity contribution in [3.63, 3.8) is 0 Å². The second-order valence-corrected chi connectivity index (χ2v) is 7.01. The molecule has 0 spiro atoms. The first-order valence-electron chi connectivity index (χ1n) is 9.16. The smallest absolute Gasteiger partial charge is 0.268 e. The van der Waals surface area contributed by atoms with Gasteiger partial charge in [-0.1, -0.05) is 60.2 Å². The molecule has 0 unspecified atom stereocenters. The zero-order chi connectivity index (χ0) is 20.6. The molecular weight excluding hydrogens is 371 g/mol. The Morgan fingerprint density at radius 2 is 1.69 bits per heavy atom. The quantitative estimate of drug-likeness (QED) is 0.718. The van der Waals surface area contributed by atoms with Gasteiger partial charge < -0.3 is 10.4 Å². The molecule has 1 heterocycles. The van der Waals surface area contributed by atoms with Crippen molar-refractivity contribution in [1.29, 1.82) is 0 Å². The van der Waals surface area contributed by atoms with Crippen LogP contribution in [0.1, 0.15) is 16.7 Å². The molecule has 5 nitrogen and oxygen atoms in total. The van der Waals surface area contributed by atoms with E-state index < -0.39 is 23.2 Å². The second-order valence-electron chi connectivity index (χ2n) is 7.01. The zero-order valence-electron chi connectivity index (χ0n) is 15.7. The first-order valence-corrected chi connectivity index (χ1v) is 9.16. The number of amides is 2. The molecular formula is C23H19FN2O3. The highest BCUT2D eigenvalue weighted by molar-refractivity contribution is 6.12. The average Bonchev–Trinajstić information content (AvgIpc) is 2.93. The molecule has 2 amide bonds. The topological polar surface area (TPSA) is 69.6 Å². The van der Waals surface area contributed by atoms with E-state index in [0.717, 1.165) is 5.56 Å². The third kappa shape index (κ3) is 3.17. The van der Waals surface area contributed by atoms with Crippen molar-refractivity contribution >= 4 is 23.2 Å². The Morgan fingerprint density at radius 1 is 1.03 bits per heavy atom. The molecule has 4 rings (SSSR count). The van der Waals surface area contributed by atoms with E-state index in [1.54, 1.807) is 42.5 Å². The normalized spacial score (nSPS) is 17.9. The molecule has 0 fully saturated rings. The molecule has 3 aromatic rings. The van der Waals surface area contributed by atoms with Gasteiger partial charge in [-0.05, 0) is 30.7 Å². The fourth-order valence-corrected chi connectivity index (χ4v) is 3.56. The SMILES string of the molecule is Cc1ccc([C@]2(O)C(=O)N(CC(=O)Nc3ccccc3F)c3ccccc32)cc1. The van der Waals surface area contributed by atoms with Gasteiger partial charge in [-0.15, -0.1) is 0 Å². The van der Waals surface area contributed by atoms with Gasteiger partial charge in [-0.3, -0.25) is 14.5 Å². The predicted molar refractivity (Wildman–Crippen MR) is 108 cm³/mol. The number of aliphatic hydroxyl groups is 1. The highest BCUT2D eigenvalue weighted by Crippen LogP contribution is 2.44. The molecule has 3 aromatic carbocycles. The summed E-state index contributed by atoms with van der Waals surface area (Å²) in [6.45, 7) is 1.57. The number of anilines is 2. The largest absolute Gasteiger partial charge is 0.372 e. The first-order chi connectivity index (χ1) is 13.9. The van der Waals surface area contributed by atoms with Crippen molar-refractivity contribution in [1.82, 2.24) is 0 Å².